The van der Waals surface area contributed by atoms with E-state index in [9.17, 15) is 9.18 Å². The third-order valence-electron chi connectivity index (χ3n) is 4.10. The number of allylic oxidation sites excluding steroid dienone is 5. The van der Waals surface area contributed by atoms with E-state index in [0.717, 1.165) is 23.2 Å². The monoisotopic (exact) mass is 355 g/mol. The Morgan fingerprint density at radius 2 is 2.15 bits per heavy atom. The Bertz CT molecular complexity index is 803. The first-order valence-electron chi connectivity index (χ1n) is 8.75. The van der Waals surface area contributed by atoms with E-state index in [4.69, 9.17) is 5.73 Å². The summed E-state index contributed by atoms with van der Waals surface area (Å²) in [7, 11) is 0. The van der Waals surface area contributed by atoms with Crippen molar-refractivity contribution in [2.45, 2.75) is 34.2 Å². The second-order valence-corrected chi connectivity index (χ2v) is 6.78. The SMILES string of the molecule is C\C=C/C(F)=C\C=N\C(C)=C(/N)c1ccc2c(c1)CN(CC(C)C)C2=O. The number of amides is 1. The van der Waals surface area contributed by atoms with Crippen LogP contribution in [0.25, 0.3) is 5.70 Å². The van der Waals surface area contributed by atoms with Crippen molar-refractivity contribution in [3.63, 3.8) is 0 Å². The van der Waals surface area contributed by atoms with E-state index in [2.05, 4.69) is 18.8 Å². The fraction of sp³-hybridized carbons (Fsp3) is 0.333. The lowest BCUT2D eigenvalue weighted by Gasteiger charge is -2.17. The third kappa shape index (κ3) is 4.69. The highest BCUT2D eigenvalue weighted by Crippen LogP contribution is 2.27. The maximum atomic E-state index is 13.3. The van der Waals surface area contributed by atoms with E-state index >= 15 is 0 Å². The van der Waals surface area contributed by atoms with Crippen molar-refractivity contribution in [3.8, 4) is 0 Å². The van der Waals surface area contributed by atoms with Crippen molar-refractivity contribution in [1.82, 2.24) is 4.90 Å². The van der Waals surface area contributed by atoms with Gasteiger partial charge < -0.3 is 10.6 Å². The molecule has 0 aliphatic carbocycles. The first kappa shape index (κ1) is 19.6. The summed E-state index contributed by atoms with van der Waals surface area (Å²) in [6.45, 7) is 9.05. The summed E-state index contributed by atoms with van der Waals surface area (Å²) < 4.78 is 13.3. The molecular weight excluding hydrogens is 329 g/mol. The third-order valence-corrected chi connectivity index (χ3v) is 4.10. The van der Waals surface area contributed by atoms with Gasteiger partial charge in [-0.3, -0.25) is 9.79 Å². The zero-order chi connectivity index (χ0) is 19.3. The van der Waals surface area contributed by atoms with E-state index in [-0.39, 0.29) is 11.7 Å². The molecule has 1 aliphatic heterocycles. The number of aliphatic imine (C=N–C) groups is 1. The van der Waals surface area contributed by atoms with Crippen molar-refractivity contribution < 1.29 is 9.18 Å². The summed E-state index contributed by atoms with van der Waals surface area (Å²) in [6.07, 6.45) is 5.64. The van der Waals surface area contributed by atoms with E-state index < -0.39 is 0 Å². The molecule has 0 saturated carbocycles. The van der Waals surface area contributed by atoms with Gasteiger partial charge in [0.15, 0.2) is 0 Å². The Labute approximate surface area is 154 Å². The summed E-state index contributed by atoms with van der Waals surface area (Å²) >= 11 is 0. The number of nitrogens with two attached hydrogens (primary N) is 1. The summed E-state index contributed by atoms with van der Waals surface area (Å²) in [5, 5.41) is 0. The van der Waals surface area contributed by atoms with Crippen molar-refractivity contribution in [1.29, 1.82) is 0 Å². The van der Waals surface area contributed by atoms with Gasteiger partial charge in [0.2, 0.25) is 0 Å². The Kier molecular flexibility index (Phi) is 6.50. The van der Waals surface area contributed by atoms with Gasteiger partial charge in [0, 0.05) is 24.9 Å². The first-order chi connectivity index (χ1) is 12.3. The Morgan fingerprint density at radius 1 is 1.42 bits per heavy atom. The fourth-order valence-corrected chi connectivity index (χ4v) is 2.85. The molecule has 26 heavy (non-hydrogen) atoms. The number of nitrogens with zero attached hydrogens (tertiary/aromatic N) is 2. The van der Waals surface area contributed by atoms with Crippen LogP contribution < -0.4 is 5.73 Å². The number of fused-ring (bicyclic) bond motifs is 1. The molecule has 138 valence electrons. The molecule has 1 heterocycles. The molecule has 0 bridgehead atoms. The molecule has 2 rings (SSSR count). The smallest absolute Gasteiger partial charge is 0.254 e. The van der Waals surface area contributed by atoms with E-state index in [1.807, 2.05) is 23.1 Å². The molecule has 0 unspecified atom stereocenters. The van der Waals surface area contributed by atoms with Gasteiger partial charge in [0.25, 0.3) is 5.91 Å². The molecule has 0 atom stereocenters. The van der Waals surface area contributed by atoms with Gasteiger partial charge in [0.05, 0.1) is 11.4 Å². The van der Waals surface area contributed by atoms with Gasteiger partial charge in [-0.15, -0.1) is 0 Å². The summed E-state index contributed by atoms with van der Waals surface area (Å²) in [4.78, 5) is 18.5. The second kappa shape index (κ2) is 8.61. The van der Waals surface area contributed by atoms with Crippen LogP contribution in [0.4, 0.5) is 4.39 Å². The van der Waals surface area contributed by atoms with Crippen LogP contribution in [-0.4, -0.2) is 23.6 Å². The van der Waals surface area contributed by atoms with E-state index in [1.165, 1.54) is 18.4 Å². The Morgan fingerprint density at radius 3 is 2.81 bits per heavy atom. The molecular formula is C21H26FN3O. The molecule has 0 spiro atoms. The molecule has 1 aromatic carbocycles. The number of benzene rings is 1. The summed E-state index contributed by atoms with van der Waals surface area (Å²) in [6, 6.07) is 5.60. The number of carbonyl (C=O) groups is 1. The van der Waals surface area contributed by atoms with Crippen LogP contribution in [-0.2, 0) is 6.54 Å². The minimum absolute atomic E-state index is 0.0714. The molecule has 5 heteroatoms. The minimum atomic E-state index is -0.371. The zero-order valence-corrected chi connectivity index (χ0v) is 15.8. The van der Waals surface area contributed by atoms with Gasteiger partial charge in [-0.1, -0.05) is 26.0 Å². The topological polar surface area (TPSA) is 58.7 Å². The van der Waals surface area contributed by atoms with E-state index in [0.29, 0.717) is 23.9 Å². The maximum Gasteiger partial charge on any atom is 0.254 e. The number of hydrogen-bond donors (Lipinski definition) is 1. The van der Waals surface area contributed by atoms with Crippen LogP contribution in [0.2, 0.25) is 0 Å². The number of halogens is 1. The van der Waals surface area contributed by atoms with Gasteiger partial charge in [0.1, 0.15) is 5.83 Å². The highest BCUT2D eigenvalue weighted by molar-refractivity contribution is 5.98. The highest BCUT2D eigenvalue weighted by atomic mass is 19.1. The predicted molar refractivity (Wildman–Crippen MR) is 105 cm³/mol. The molecule has 1 amide bonds. The van der Waals surface area contributed by atoms with Crippen LogP contribution in [0.5, 0.6) is 0 Å². The van der Waals surface area contributed by atoms with Gasteiger partial charge in [-0.05, 0) is 55.2 Å². The number of carbonyl (C=O) groups excluding carboxylic acids is 1. The standard InChI is InChI=1S/C21H26FN3O/c1-5-6-18(22)9-10-24-15(4)20(23)16-7-8-19-17(11-16)13-25(21(19)26)12-14(2)3/h5-11,14H,12-13,23H2,1-4H3/b6-5-,18-9+,20-15-,24-10+. The normalized spacial score (nSPS) is 16.2. The van der Waals surface area contributed by atoms with E-state index in [1.54, 1.807) is 19.9 Å². The van der Waals surface area contributed by atoms with Crippen molar-refractivity contribution in [2.24, 2.45) is 16.6 Å². The predicted octanol–water partition coefficient (Wildman–Crippen LogP) is 4.45. The Balaban J connectivity index is 2.22. The number of rotatable bonds is 6. The minimum Gasteiger partial charge on any atom is -0.397 e. The summed E-state index contributed by atoms with van der Waals surface area (Å²) in [5.41, 5.74) is 9.83. The zero-order valence-electron chi connectivity index (χ0n) is 15.8. The molecule has 0 aromatic heterocycles. The molecule has 4 nitrogen and oxygen atoms in total. The lowest BCUT2D eigenvalue weighted by atomic mass is 10.0. The van der Waals surface area contributed by atoms with Crippen molar-refractivity contribution in [2.75, 3.05) is 6.54 Å². The maximum absolute atomic E-state index is 13.3. The van der Waals surface area contributed by atoms with Crippen LogP contribution >= 0.6 is 0 Å². The molecule has 0 fully saturated rings. The summed E-state index contributed by atoms with van der Waals surface area (Å²) in [5.74, 6) is 0.122. The quantitative estimate of drug-likeness (QED) is 0.605. The molecule has 0 saturated heterocycles. The molecule has 0 radical (unpaired) electrons. The fourth-order valence-electron chi connectivity index (χ4n) is 2.85. The molecule has 1 aliphatic rings. The lowest BCUT2D eigenvalue weighted by Crippen LogP contribution is -2.27. The van der Waals surface area contributed by atoms with Gasteiger partial charge in [-0.25, -0.2) is 4.39 Å². The van der Waals surface area contributed by atoms with Crippen LogP contribution in [0.1, 0.15) is 49.2 Å². The average Bonchev–Trinajstić information content (AvgIpc) is 2.89. The average molecular weight is 355 g/mol. The molecule has 2 N–H and O–H groups in total. The van der Waals surface area contributed by atoms with Crippen LogP contribution in [0.15, 0.2) is 52.9 Å². The van der Waals surface area contributed by atoms with Crippen LogP contribution in [0.3, 0.4) is 0 Å². The van der Waals surface area contributed by atoms with Gasteiger partial charge in [-0.2, -0.15) is 0 Å². The lowest BCUT2D eigenvalue weighted by molar-refractivity contribution is 0.0760. The Hall–Kier alpha value is -2.69. The largest absolute Gasteiger partial charge is 0.397 e. The van der Waals surface area contributed by atoms with Crippen molar-refractivity contribution in [3.05, 3.63) is 64.6 Å². The van der Waals surface area contributed by atoms with Gasteiger partial charge >= 0.3 is 0 Å². The first-order valence-corrected chi connectivity index (χ1v) is 8.75. The highest BCUT2D eigenvalue weighted by Gasteiger charge is 2.27. The molecule has 1 aromatic rings. The number of hydrogen-bond acceptors (Lipinski definition) is 3. The van der Waals surface area contributed by atoms with Crippen molar-refractivity contribution >= 4 is 17.8 Å². The van der Waals surface area contributed by atoms with Crippen LogP contribution in [0, 0.1) is 5.92 Å². The second-order valence-electron chi connectivity index (χ2n) is 6.78.